The molecule has 240 valence electrons. The van der Waals surface area contributed by atoms with Gasteiger partial charge in [-0.1, -0.05) is 30.3 Å². The van der Waals surface area contributed by atoms with Gasteiger partial charge < -0.3 is 29.6 Å². The Morgan fingerprint density at radius 3 is 2.18 bits per heavy atom. The summed E-state index contributed by atoms with van der Waals surface area (Å²) in [6.45, 7) is 12.7. The lowest BCUT2D eigenvalue weighted by Gasteiger charge is -2.22. The number of fused-ring (bicyclic) bond motifs is 2. The van der Waals surface area contributed by atoms with Crippen LogP contribution in [0.3, 0.4) is 0 Å². The van der Waals surface area contributed by atoms with Crippen LogP contribution in [0.2, 0.25) is 0 Å². The number of benzene rings is 3. The first-order valence-corrected chi connectivity index (χ1v) is 17.4. The molecule has 0 saturated carbocycles. The minimum Gasteiger partial charge on any atom is -0.490 e. The number of ether oxygens (including phenoxy) is 1. The van der Waals surface area contributed by atoms with Gasteiger partial charge in [-0.3, -0.25) is 4.57 Å². The lowest BCUT2D eigenvalue weighted by atomic mass is 9.93. The highest BCUT2D eigenvalue weighted by molar-refractivity contribution is 7.80. The first-order chi connectivity index (χ1) is 21.1. The zero-order valence-electron chi connectivity index (χ0n) is 27.0. The number of hydrogen-bond donors (Lipinski definition) is 3. The largest absolute Gasteiger partial charge is 0.490 e. The van der Waals surface area contributed by atoms with Crippen molar-refractivity contribution in [2.45, 2.75) is 47.0 Å². The zero-order chi connectivity index (χ0) is 32.7. The molecule has 2 aromatic rings. The van der Waals surface area contributed by atoms with E-state index >= 15 is 0 Å². The van der Waals surface area contributed by atoms with Crippen molar-refractivity contribution in [2.24, 2.45) is 5.73 Å². The lowest BCUT2D eigenvalue weighted by Crippen LogP contribution is -2.29. The van der Waals surface area contributed by atoms with E-state index in [2.05, 4.69) is 110 Å². The smallest absolute Gasteiger partial charge is 0.325 e. The van der Waals surface area contributed by atoms with E-state index in [0.717, 1.165) is 48.5 Å². The van der Waals surface area contributed by atoms with E-state index in [0.29, 0.717) is 24.3 Å². The molecule has 1 aliphatic heterocycles. The molecule has 0 fully saturated rings. The molecular weight excluding hydrogens is 593 g/mol. The summed E-state index contributed by atoms with van der Waals surface area (Å²) < 4.78 is 24.0. The molecule has 0 amide bonds. The fraction of sp³-hybridized carbons (Fsp3) is 0.412. The molecule has 1 aliphatic carbocycles. The van der Waals surface area contributed by atoms with Gasteiger partial charge in [-0.15, -0.1) is 0 Å². The van der Waals surface area contributed by atoms with E-state index in [-0.39, 0.29) is 6.16 Å². The summed E-state index contributed by atoms with van der Waals surface area (Å²) in [6.07, 6.45) is 1.66. The quantitative estimate of drug-likeness (QED) is 0.0542. The summed E-state index contributed by atoms with van der Waals surface area (Å²) in [6, 6.07) is 23.9. The second-order valence-electron chi connectivity index (χ2n) is 9.97. The fourth-order valence-electron chi connectivity index (χ4n) is 5.04. The number of nitrogens with zero attached hydrogens (tertiary/aromatic N) is 2. The van der Waals surface area contributed by atoms with Gasteiger partial charge in [-0.25, -0.2) is 4.58 Å². The van der Waals surface area contributed by atoms with Crippen molar-refractivity contribution in [3.63, 3.8) is 0 Å². The molecule has 44 heavy (non-hydrogen) atoms. The average Bonchev–Trinajstić information content (AvgIpc) is 3.04. The topological polar surface area (TPSA) is 112 Å². The first-order valence-electron chi connectivity index (χ1n) is 15.2. The second kappa shape index (κ2) is 18.7. The van der Waals surface area contributed by atoms with Crippen LogP contribution in [-0.4, -0.2) is 61.3 Å². The maximum atomic E-state index is 10.4. The van der Waals surface area contributed by atoms with Gasteiger partial charge in [0.25, 0.3) is 0 Å². The summed E-state index contributed by atoms with van der Waals surface area (Å²) >= 11 is 4.75. The normalized spacial score (nSPS) is 10.8. The van der Waals surface area contributed by atoms with Gasteiger partial charge in [0.05, 0.1) is 13.2 Å². The lowest BCUT2D eigenvalue weighted by molar-refractivity contribution is 0.370. The maximum absolute atomic E-state index is 10.4. The molecule has 0 saturated heterocycles. The summed E-state index contributed by atoms with van der Waals surface area (Å²) in [4.78, 5) is 19.3. The van der Waals surface area contributed by atoms with Gasteiger partial charge in [-0.2, -0.15) is 0 Å². The zero-order valence-corrected chi connectivity index (χ0v) is 28.7. The van der Waals surface area contributed by atoms with Crippen molar-refractivity contribution in [3.8, 4) is 22.5 Å². The van der Waals surface area contributed by atoms with Crippen molar-refractivity contribution in [3.05, 3.63) is 72.1 Å². The molecule has 0 spiro atoms. The number of thiocarbonyl (C=S) groups is 1. The number of rotatable bonds is 11. The highest BCUT2D eigenvalue weighted by atomic mass is 32.1. The summed E-state index contributed by atoms with van der Waals surface area (Å²) in [5.74, 6) is 0.933. The van der Waals surface area contributed by atoms with Crippen LogP contribution in [0.25, 0.3) is 33.4 Å². The van der Waals surface area contributed by atoms with E-state index in [1.54, 1.807) is 0 Å². The van der Waals surface area contributed by atoms with Gasteiger partial charge in [-0.05, 0) is 83.6 Å². The number of methoxy groups -OCH3 is 1. The van der Waals surface area contributed by atoms with Gasteiger partial charge in [0.2, 0.25) is 5.36 Å². The molecule has 2 aliphatic rings. The number of hydrogen-bond acceptors (Lipinski definition) is 6. The third-order valence-electron chi connectivity index (χ3n) is 7.32. The number of unbranched alkanes of at least 4 members (excludes halogenated alkanes) is 1. The molecule has 8 nitrogen and oxygen atoms in total. The van der Waals surface area contributed by atoms with Gasteiger partial charge in [0.1, 0.15) is 24.4 Å². The van der Waals surface area contributed by atoms with Gasteiger partial charge >= 0.3 is 7.60 Å². The fourth-order valence-corrected chi connectivity index (χ4v) is 5.82. The van der Waals surface area contributed by atoms with Gasteiger partial charge in [0.15, 0.2) is 5.05 Å². The van der Waals surface area contributed by atoms with Crippen molar-refractivity contribution >= 4 is 41.5 Å². The molecule has 0 atom stereocenters. The molecule has 0 aromatic heterocycles. The highest BCUT2D eigenvalue weighted by Gasteiger charge is 2.19. The number of nitrogens with two attached hydrogens (primary N) is 1. The van der Waals surface area contributed by atoms with Crippen LogP contribution in [0.5, 0.6) is 0 Å². The van der Waals surface area contributed by atoms with E-state index in [1.807, 2.05) is 0 Å². The summed E-state index contributed by atoms with van der Waals surface area (Å²) in [5, 5.41) is 2.84. The Labute approximate surface area is 267 Å². The van der Waals surface area contributed by atoms with Crippen LogP contribution in [0.15, 0.2) is 71.1 Å². The highest BCUT2D eigenvalue weighted by Crippen LogP contribution is 2.40. The maximum Gasteiger partial charge on any atom is 0.325 e. The molecule has 10 heteroatoms. The van der Waals surface area contributed by atoms with Crippen LogP contribution in [0.1, 0.15) is 47.0 Å². The SMILES string of the molecule is CCN(CC)c1ccc2c(-c3ccccc3)c3ccc(=[N+](CC)CC)cc-3oc2c1.CN.COC(=S)CCCCP(=O)(O)O. The Morgan fingerprint density at radius 2 is 1.61 bits per heavy atom. The Balaban J connectivity index is 0.000000409. The van der Waals surface area contributed by atoms with E-state index in [9.17, 15) is 4.57 Å². The first kappa shape index (κ1) is 37.1. The molecular formula is C34H49N3O5PS+. The van der Waals surface area contributed by atoms with E-state index in [4.69, 9.17) is 31.2 Å². The predicted octanol–water partition coefficient (Wildman–Crippen LogP) is 6.75. The molecule has 0 radical (unpaired) electrons. The molecule has 1 heterocycles. The molecule has 0 unspecified atom stereocenters. The van der Waals surface area contributed by atoms with Crippen molar-refractivity contribution in [1.82, 2.24) is 4.58 Å². The summed E-state index contributed by atoms with van der Waals surface area (Å²) in [5.41, 5.74) is 10.2. The third-order valence-corrected chi connectivity index (χ3v) is 8.59. The molecule has 2 aromatic carbocycles. The predicted molar refractivity (Wildman–Crippen MR) is 189 cm³/mol. The van der Waals surface area contributed by atoms with Crippen LogP contribution in [0, 0.1) is 0 Å². The standard InChI is InChI=1S/C27H31N2O.C6H13O4PS.CH5N/c1-5-28(6-2)21-14-16-23-25(18-21)30-26-19-22(29(7-3)8-4)15-17-24(26)27(23)20-12-10-9-11-13-20;1-10-6(12)4-2-3-5-11(7,8)9;1-2/h9-19H,5-8H2,1-4H3;2-5H2,1H3,(H2,7,8,9);2H2,1H3/q+1;;. The minimum absolute atomic E-state index is 0.0701. The minimum atomic E-state index is -3.82. The van der Waals surface area contributed by atoms with Gasteiger partial charge in [0, 0.05) is 60.0 Å². The second-order valence-corrected chi connectivity index (χ2v) is 12.2. The van der Waals surface area contributed by atoms with E-state index in [1.165, 1.54) is 36.3 Å². The third kappa shape index (κ3) is 10.5. The molecule has 4 N–H and O–H groups in total. The van der Waals surface area contributed by atoms with Crippen LogP contribution >= 0.6 is 19.8 Å². The van der Waals surface area contributed by atoms with Crippen molar-refractivity contribution in [1.29, 1.82) is 0 Å². The Bertz CT molecular complexity index is 1540. The average molecular weight is 643 g/mol. The Kier molecular flexibility index (Phi) is 15.8. The van der Waals surface area contributed by atoms with Crippen LogP contribution in [0.4, 0.5) is 5.69 Å². The Morgan fingerprint density at radius 1 is 0.955 bits per heavy atom. The van der Waals surface area contributed by atoms with Crippen molar-refractivity contribution in [2.75, 3.05) is 51.4 Å². The van der Waals surface area contributed by atoms with E-state index < -0.39 is 7.60 Å². The van der Waals surface area contributed by atoms with Crippen LogP contribution in [-0.2, 0) is 9.30 Å². The summed E-state index contributed by atoms with van der Waals surface area (Å²) in [7, 11) is -0.827. The molecule has 0 bridgehead atoms. The molecule has 4 rings (SSSR count). The van der Waals surface area contributed by atoms with Crippen LogP contribution < -0.4 is 20.6 Å². The monoisotopic (exact) mass is 642 g/mol. The number of anilines is 1. The Hall–Kier alpha value is -3.07. The van der Waals surface area contributed by atoms with Crippen molar-refractivity contribution < 1.29 is 23.5 Å².